The van der Waals surface area contributed by atoms with Crippen molar-refractivity contribution < 1.29 is 14.7 Å². The van der Waals surface area contributed by atoms with E-state index in [-0.39, 0.29) is 11.8 Å². The maximum Gasteiger partial charge on any atom is 0.308 e. The van der Waals surface area contributed by atoms with Gasteiger partial charge in [-0.15, -0.1) is 0 Å². The molecule has 0 aromatic rings. The van der Waals surface area contributed by atoms with Gasteiger partial charge in [0.1, 0.15) is 0 Å². The van der Waals surface area contributed by atoms with Gasteiger partial charge < -0.3 is 15.3 Å². The topological polar surface area (TPSA) is 69.6 Å². The highest BCUT2D eigenvalue weighted by Gasteiger charge is 2.44. The molecule has 1 unspecified atom stereocenters. The van der Waals surface area contributed by atoms with Crippen molar-refractivity contribution in [3.8, 4) is 0 Å². The SMILES string of the molecule is C[C@@H]1CN(C(=O)C(C)(C)C2CCCNC2)C[C@H]1C(=O)O. The Morgan fingerprint density at radius 1 is 1.30 bits per heavy atom. The number of amides is 1. The maximum absolute atomic E-state index is 12.8. The second-order valence-corrected chi connectivity index (χ2v) is 6.90. The van der Waals surface area contributed by atoms with E-state index in [1.54, 1.807) is 4.90 Å². The van der Waals surface area contributed by atoms with E-state index in [1.807, 2.05) is 20.8 Å². The van der Waals surface area contributed by atoms with Crippen LogP contribution in [-0.4, -0.2) is 48.1 Å². The molecule has 2 rings (SSSR count). The molecule has 5 heteroatoms. The van der Waals surface area contributed by atoms with Crippen LogP contribution in [0.1, 0.15) is 33.6 Å². The quantitative estimate of drug-likeness (QED) is 0.816. The van der Waals surface area contributed by atoms with Crippen LogP contribution in [-0.2, 0) is 9.59 Å². The largest absolute Gasteiger partial charge is 0.481 e. The number of hydrogen-bond acceptors (Lipinski definition) is 3. The van der Waals surface area contributed by atoms with Gasteiger partial charge in [0.05, 0.1) is 5.92 Å². The molecule has 0 saturated carbocycles. The molecule has 0 aliphatic carbocycles. The third kappa shape index (κ3) is 2.82. The lowest BCUT2D eigenvalue weighted by molar-refractivity contribution is -0.144. The molecule has 0 aromatic heterocycles. The van der Waals surface area contributed by atoms with E-state index in [4.69, 9.17) is 0 Å². The predicted molar refractivity (Wildman–Crippen MR) is 76.2 cm³/mol. The molecule has 2 aliphatic rings. The Morgan fingerprint density at radius 3 is 2.50 bits per heavy atom. The average molecular weight is 282 g/mol. The summed E-state index contributed by atoms with van der Waals surface area (Å²) in [6, 6.07) is 0. The molecule has 0 aromatic carbocycles. The first-order chi connectivity index (χ1) is 9.34. The summed E-state index contributed by atoms with van der Waals surface area (Å²) in [5.74, 6) is -0.717. The molecule has 2 saturated heterocycles. The number of likely N-dealkylation sites (tertiary alicyclic amines) is 1. The van der Waals surface area contributed by atoms with Crippen molar-refractivity contribution in [2.75, 3.05) is 26.2 Å². The number of hydrogen-bond donors (Lipinski definition) is 2. The molecule has 0 bridgehead atoms. The van der Waals surface area contributed by atoms with Crippen LogP contribution in [0.5, 0.6) is 0 Å². The van der Waals surface area contributed by atoms with Gasteiger partial charge in [-0.2, -0.15) is 0 Å². The minimum absolute atomic E-state index is 0.0386. The minimum atomic E-state index is -0.787. The van der Waals surface area contributed by atoms with Gasteiger partial charge in [0.25, 0.3) is 0 Å². The highest BCUT2D eigenvalue weighted by Crippen LogP contribution is 2.36. The van der Waals surface area contributed by atoms with Crippen LogP contribution in [0.25, 0.3) is 0 Å². The number of carbonyl (C=O) groups excluding carboxylic acids is 1. The minimum Gasteiger partial charge on any atom is -0.481 e. The van der Waals surface area contributed by atoms with Crippen LogP contribution in [0.4, 0.5) is 0 Å². The van der Waals surface area contributed by atoms with Crippen molar-refractivity contribution in [1.82, 2.24) is 10.2 Å². The van der Waals surface area contributed by atoms with Crippen molar-refractivity contribution in [1.29, 1.82) is 0 Å². The van der Waals surface area contributed by atoms with E-state index in [1.165, 1.54) is 0 Å². The van der Waals surface area contributed by atoms with Crippen LogP contribution in [0.3, 0.4) is 0 Å². The first-order valence-electron chi connectivity index (χ1n) is 7.57. The number of carboxylic acids is 1. The van der Waals surface area contributed by atoms with E-state index in [2.05, 4.69) is 5.32 Å². The Labute approximate surface area is 120 Å². The fourth-order valence-corrected chi connectivity index (χ4v) is 3.50. The van der Waals surface area contributed by atoms with Crippen molar-refractivity contribution >= 4 is 11.9 Å². The standard InChI is InChI=1S/C15H26N2O3/c1-10-8-17(9-12(10)13(18)19)14(20)15(2,3)11-5-4-6-16-7-11/h10-12,16H,4-9H2,1-3H3,(H,18,19)/t10-,11?,12-/m1/s1. The molecule has 114 valence electrons. The summed E-state index contributed by atoms with van der Waals surface area (Å²) in [4.78, 5) is 25.7. The zero-order chi connectivity index (χ0) is 14.9. The number of piperidine rings is 1. The van der Waals surface area contributed by atoms with Crippen LogP contribution in [0.2, 0.25) is 0 Å². The number of nitrogens with one attached hydrogen (secondary N) is 1. The zero-order valence-electron chi connectivity index (χ0n) is 12.7. The molecular weight excluding hydrogens is 256 g/mol. The Hall–Kier alpha value is -1.10. The normalized spacial score (nSPS) is 31.4. The molecule has 2 fully saturated rings. The predicted octanol–water partition coefficient (Wildman–Crippen LogP) is 1.19. The summed E-state index contributed by atoms with van der Waals surface area (Å²) < 4.78 is 0. The number of carboxylic acid groups (broad SMARTS) is 1. The van der Waals surface area contributed by atoms with Crippen LogP contribution in [0, 0.1) is 23.2 Å². The molecular formula is C15H26N2O3. The molecule has 3 atom stereocenters. The lowest BCUT2D eigenvalue weighted by atomic mass is 9.74. The van der Waals surface area contributed by atoms with Crippen molar-refractivity contribution in [3.05, 3.63) is 0 Å². The van der Waals surface area contributed by atoms with E-state index >= 15 is 0 Å². The average Bonchev–Trinajstić information content (AvgIpc) is 2.81. The molecule has 20 heavy (non-hydrogen) atoms. The van der Waals surface area contributed by atoms with Crippen molar-refractivity contribution in [3.63, 3.8) is 0 Å². The fourth-order valence-electron chi connectivity index (χ4n) is 3.50. The Balaban J connectivity index is 2.05. The molecule has 1 amide bonds. The van der Waals surface area contributed by atoms with Crippen molar-refractivity contribution in [2.24, 2.45) is 23.2 Å². The second-order valence-electron chi connectivity index (χ2n) is 6.90. The van der Waals surface area contributed by atoms with Gasteiger partial charge >= 0.3 is 5.97 Å². The molecule has 0 radical (unpaired) electrons. The zero-order valence-corrected chi connectivity index (χ0v) is 12.7. The number of aliphatic carboxylic acids is 1. The van der Waals surface area contributed by atoms with Gasteiger partial charge in [-0.25, -0.2) is 0 Å². The van der Waals surface area contributed by atoms with Crippen LogP contribution >= 0.6 is 0 Å². The molecule has 5 nitrogen and oxygen atoms in total. The molecule has 2 aliphatic heterocycles. The summed E-state index contributed by atoms with van der Waals surface area (Å²) in [6.07, 6.45) is 2.17. The van der Waals surface area contributed by atoms with Crippen LogP contribution in [0.15, 0.2) is 0 Å². The van der Waals surface area contributed by atoms with Gasteiger partial charge in [-0.05, 0) is 37.8 Å². The summed E-state index contributed by atoms with van der Waals surface area (Å²) in [5.41, 5.74) is -0.416. The summed E-state index contributed by atoms with van der Waals surface area (Å²) >= 11 is 0. The maximum atomic E-state index is 12.8. The van der Waals surface area contributed by atoms with Gasteiger partial charge in [0.2, 0.25) is 5.91 Å². The Kier molecular flexibility index (Phi) is 4.37. The highest BCUT2D eigenvalue weighted by molar-refractivity contribution is 5.84. The lowest BCUT2D eigenvalue weighted by Crippen LogP contribution is -2.48. The monoisotopic (exact) mass is 282 g/mol. The third-order valence-electron chi connectivity index (χ3n) is 5.09. The first kappa shape index (κ1) is 15.3. The summed E-state index contributed by atoms with van der Waals surface area (Å²) in [7, 11) is 0. The Bertz CT molecular complexity index is 389. The number of rotatable bonds is 3. The Morgan fingerprint density at radius 2 is 2.00 bits per heavy atom. The second kappa shape index (κ2) is 5.72. The number of nitrogens with zero attached hydrogens (tertiary/aromatic N) is 1. The van der Waals surface area contributed by atoms with Gasteiger partial charge in [-0.1, -0.05) is 20.8 Å². The van der Waals surface area contributed by atoms with Crippen molar-refractivity contribution in [2.45, 2.75) is 33.6 Å². The summed E-state index contributed by atoms with van der Waals surface area (Å²) in [6.45, 7) is 8.77. The van der Waals surface area contributed by atoms with E-state index in [0.29, 0.717) is 19.0 Å². The highest BCUT2D eigenvalue weighted by atomic mass is 16.4. The van der Waals surface area contributed by atoms with Gasteiger partial charge in [0, 0.05) is 18.5 Å². The van der Waals surface area contributed by atoms with E-state index < -0.39 is 17.3 Å². The van der Waals surface area contributed by atoms with Crippen LogP contribution < -0.4 is 5.32 Å². The molecule has 2 heterocycles. The third-order valence-corrected chi connectivity index (χ3v) is 5.09. The van der Waals surface area contributed by atoms with E-state index in [9.17, 15) is 14.7 Å². The first-order valence-corrected chi connectivity index (χ1v) is 7.57. The molecule has 0 spiro atoms. The van der Waals surface area contributed by atoms with Gasteiger partial charge in [-0.3, -0.25) is 9.59 Å². The lowest BCUT2D eigenvalue weighted by Gasteiger charge is -2.38. The number of carbonyl (C=O) groups is 2. The van der Waals surface area contributed by atoms with E-state index in [0.717, 1.165) is 25.9 Å². The van der Waals surface area contributed by atoms with Gasteiger partial charge in [0.15, 0.2) is 0 Å². The fraction of sp³-hybridized carbons (Fsp3) is 0.867. The molecule has 2 N–H and O–H groups in total. The smallest absolute Gasteiger partial charge is 0.308 e. The summed E-state index contributed by atoms with van der Waals surface area (Å²) in [5, 5.41) is 12.5.